The van der Waals surface area contributed by atoms with Gasteiger partial charge in [-0.15, -0.1) is 11.3 Å². The zero-order valence-electron chi connectivity index (χ0n) is 10.2. The summed E-state index contributed by atoms with van der Waals surface area (Å²) in [6.45, 7) is 1.80. The van der Waals surface area contributed by atoms with Crippen LogP contribution in [0, 0.1) is 0 Å². The monoisotopic (exact) mass is 298 g/mol. The third-order valence-corrected chi connectivity index (χ3v) is 5.08. The Morgan fingerprint density at radius 1 is 1.37 bits per heavy atom. The molecule has 2 heterocycles. The van der Waals surface area contributed by atoms with E-state index >= 15 is 0 Å². The lowest BCUT2D eigenvalue weighted by molar-refractivity contribution is 0.568. The molecule has 1 unspecified atom stereocenters. The number of nitrogens with one attached hydrogen (secondary N) is 2. The SMILES string of the molecule is CC(NS(=O)(=O)c1ccc(NN)nc1)c1cccs1. The summed E-state index contributed by atoms with van der Waals surface area (Å²) >= 11 is 1.50. The molecule has 102 valence electrons. The Hall–Kier alpha value is -1.48. The van der Waals surface area contributed by atoms with Gasteiger partial charge < -0.3 is 5.43 Å². The number of nitrogens with zero attached hydrogens (tertiary/aromatic N) is 1. The van der Waals surface area contributed by atoms with E-state index in [1.54, 1.807) is 6.92 Å². The van der Waals surface area contributed by atoms with Gasteiger partial charge in [-0.2, -0.15) is 0 Å². The molecule has 8 heteroatoms. The van der Waals surface area contributed by atoms with E-state index < -0.39 is 10.0 Å². The Morgan fingerprint density at radius 2 is 2.16 bits per heavy atom. The molecule has 4 N–H and O–H groups in total. The lowest BCUT2D eigenvalue weighted by atomic mass is 10.3. The van der Waals surface area contributed by atoms with Crippen LogP contribution in [0.2, 0.25) is 0 Å². The number of hydrogen-bond donors (Lipinski definition) is 3. The summed E-state index contributed by atoms with van der Waals surface area (Å²) in [6, 6.07) is 6.44. The van der Waals surface area contributed by atoms with Crippen molar-refractivity contribution in [2.24, 2.45) is 5.84 Å². The number of hydrazine groups is 1. The summed E-state index contributed by atoms with van der Waals surface area (Å²) in [5.74, 6) is 5.59. The number of anilines is 1. The summed E-state index contributed by atoms with van der Waals surface area (Å²) in [5, 5.41) is 1.91. The standard InChI is InChI=1S/C11H14N4O2S2/c1-8(10-3-2-6-18-10)15-19(16,17)9-4-5-11(14-12)13-7-9/h2-8,15H,12H2,1H3,(H,13,14). The Balaban J connectivity index is 2.17. The zero-order chi connectivity index (χ0) is 13.9. The summed E-state index contributed by atoms with van der Waals surface area (Å²) in [5.41, 5.74) is 2.34. The fraction of sp³-hybridized carbons (Fsp3) is 0.182. The van der Waals surface area contributed by atoms with Gasteiger partial charge in [0.25, 0.3) is 0 Å². The Labute approximate surface area is 115 Å². The van der Waals surface area contributed by atoms with Gasteiger partial charge in [0, 0.05) is 11.1 Å². The Bertz CT molecular complexity index is 623. The van der Waals surface area contributed by atoms with Crippen molar-refractivity contribution in [1.82, 2.24) is 9.71 Å². The highest BCUT2D eigenvalue weighted by Gasteiger charge is 2.19. The third kappa shape index (κ3) is 3.29. The molecule has 2 rings (SSSR count). The zero-order valence-corrected chi connectivity index (χ0v) is 11.8. The van der Waals surface area contributed by atoms with Gasteiger partial charge in [-0.25, -0.2) is 24.0 Å². The van der Waals surface area contributed by atoms with Crippen LogP contribution in [0.1, 0.15) is 17.8 Å². The van der Waals surface area contributed by atoms with Crippen LogP contribution in [-0.2, 0) is 10.0 Å². The molecule has 0 radical (unpaired) electrons. The van der Waals surface area contributed by atoms with Crippen LogP contribution in [0.4, 0.5) is 5.82 Å². The van der Waals surface area contributed by atoms with E-state index in [0.717, 1.165) is 4.88 Å². The number of pyridine rings is 1. The van der Waals surface area contributed by atoms with E-state index in [9.17, 15) is 8.42 Å². The molecule has 6 nitrogen and oxygen atoms in total. The number of thiophene rings is 1. The van der Waals surface area contributed by atoms with Crippen LogP contribution in [0.5, 0.6) is 0 Å². The van der Waals surface area contributed by atoms with Crippen molar-refractivity contribution in [3.05, 3.63) is 40.7 Å². The number of nitrogen functional groups attached to an aromatic ring is 1. The van der Waals surface area contributed by atoms with Crippen molar-refractivity contribution in [3.8, 4) is 0 Å². The number of aromatic nitrogens is 1. The van der Waals surface area contributed by atoms with Crippen molar-refractivity contribution in [3.63, 3.8) is 0 Å². The Kier molecular flexibility index (Phi) is 4.15. The van der Waals surface area contributed by atoms with Gasteiger partial charge in [0.1, 0.15) is 10.7 Å². The Morgan fingerprint density at radius 3 is 2.68 bits per heavy atom. The van der Waals surface area contributed by atoms with Crippen LogP contribution in [-0.4, -0.2) is 13.4 Å². The van der Waals surface area contributed by atoms with E-state index in [4.69, 9.17) is 5.84 Å². The predicted octanol–water partition coefficient (Wildman–Crippen LogP) is 1.47. The average Bonchev–Trinajstić information content (AvgIpc) is 2.92. The highest BCUT2D eigenvalue weighted by molar-refractivity contribution is 7.89. The van der Waals surface area contributed by atoms with Crippen LogP contribution < -0.4 is 16.0 Å². The molecule has 2 aromatic rings. The highest BCUT2D eigenvalue weighted by atomic mass is 32.2. The molecule has 0 spiro atoms. The van der Waals surface area contributed by atoms with Crippen molar-refractivity contribution >= 4 is 27.2 Å². The summed E-state index contributed by atoms with van der Waals surface area (Å²) in [7, 11) is -3.58. The van der Waals surface area contributed by atoms with Gasteiger partial charge in [-0.05, 0) is 30.5 Å². The fourth-order valence-electron chi connectivity index (χ4n) is 1.52. The molecule has 0 aromatic carbocycles. The molecular weight excluding hydrogens is 284 g/mol. The lowest BCUT2D eigenvalue weighted by Crippen LogP contribution is -2.26. The first kappa shape index (κ1) is 13.9. The van der Waals surface area contributed by atoms with Gasteiger partial charge in [0.05, 0.1) is 6.04 Å². The molecule has 1 atom stereocenters. The van der Waals surface area contributed by atoms with Crippen molar-refractivity contribution in [2.75, 3.05) is 5.43 Å². The maximum Gasteiger partial charge on any atom is 0.242 e. The van der Waals surface area contributed by atoms with Gasteiger partial charge >= 0.3 is 0 Å². The largest absolute Gasteiger partial charge is 0.308 e. The molecule has 0 saturated carbocycles. The average molecular weight is 298 g/mol. The van der Waals surface area contributed by atoms with Crippen molar-refractivity contribution in [1.29, 1.82) is 0 Å². The number of hydrogen-bond acceptors (Lipinski definition) is 6. The maximum atomic E-state index is 12.1. The van der Waals surface area contributed by atoms with Gasteiger partial charge in [-0.1, -0.05) is 6.07 Å². The second-order valence-electron chi connectivity index (χ2n) is 3.88. The molecule has 0 fully saturated rings. The smallest absolute Gasteiger partial charge is 0.242 e. The quantitative estimate of drug-likeness (QED) is 0.573. The molecule has 0 bridgehead atoms. The fourth-order valence-corrected chi connectivity index (χ4v) is 3.50. The molecular formula is C11H14N4O2S2. The molecule has 0 aliphatic rings. The molecule has 0 saturated heterocycles. The number of nitrogens with two attached hydrogens (primary N) is 1. The first-order valence-corrected chi connectivity index (χ1v) is 7.87. The summed E-state index contributed by atoms with van der Waals surface area (Å²) < 4.78 is 26.9. The van der Waals surface area contributed by atoms with Crippen LogP contribution in [0.3, 0.4) is 0 Å². The van der Waals surface area contributed by atoms with Gasteiger partial charge in [-0.3, -0.25) is 0 Å². The number of sulfonamides is 1. The topological polar surface area (TPSA) is 97.1 Å². The predicted molar refractivity (Wildman–Crippen MR) is 75.1 cm³/mol. The van der Waals surface area contributed by atoms with Gasteiger partial charge in [0.2, 0.25) is 10.0 Å². The van der Waals surface area contributed by atoms with E-state index in [2.05, 4.69) is 15.1 Å². The van der Waals surface area contributed by atoms with E-state index in [0.29, 0.717) is 5.82 Å². The lowest BCUT2D eigenvalue weighted by Gasteiger charge is -2.12. The molecule has 0 aliphatic heterocycles. The van der Waals surface area contributed by atoms with Crippen LogP contribution in [0.15, 0.2) is 40.7 Å². The van der Waals surface area contributed by atoms with Crippen LogP contribution >= 0.6 is 11.3 Å². The minimum Gasteiger partial charge on any atom is -0.308 e. The van der Waals surface area contributed by atoms with E-state index in [1.807, 2.05) is 17.5 Å². The second-order valence-corrected chi connectivity index (χ2v) is 6.58. The normalized spacial score (nSPS) is 13.2. The highest BCUT2D eigenvalue weighted by Crippen LogP contribution is 2.21. The van der Waals surface area contributed by atoms with E-state index in [1.165, 1.54) is 29.7 Å². The molecule has 0 amide bonds. The van der Waals surface area contributed by atoms with Crippen LogP contribution in [0.25, 0.3) is 0 Å². The van der Waals surface area contributed by atoms with Crippen molar-refractivity contribution in [2.45, 2.75) is 17.9 Å². The third-order valence-electron chi connectivity index (χ3n) is 2.50. The van der Waals surface area contributed by atoms with Crippen molar-refractivity contribution < 1.29 is 8.42 Å². The molecule has 2 aromatic heterocycles. The second kappa shape index (κ2) is 5.66. The maximum absolute atomic E-state index is 12.1. The number of rotatable bonds is 5. The van der Waals surface area contributed by atoms with E-state index in [-0.39, 0.29) is 10.9 Å². The van der Waals surface area contributed by atoms with Gasteiger partial charge in [0.15, 0.2) is 0 Å². The first-order valence-electron chi connectivity index (χ1n) is 5.51. The summed E-state index contributed by atoms with van der Waals surface area (Å²) in [4.78, 5) is 4.94. The first-order chi connectivity index (χ1) is 9.03. The molecule has 0 aliphatic carbocycles. The minimum atomic E-state index is -3.58. The summed E-state index contributed by atoms with van der Waals surface area (Å²) in [6.07, 6.45) is 1.26. The molecule has 19 heavy (non-hydrogen) atoms. The minimum absolute atomic E-state index is 0.106.